The van der Waals surface area contributed by atoms with Crippen LogP contribution in [0.15, 0.2) is 134 Å². The third-order valence-electron chi connectivity index (χ3n) is 9.11. The van der Waals surface area contributed by atoms with E-state index in [4.69, 9.17) is 14.2 Å². The zero-order chi connectivity index (χ0) is 35.3. The molecule has 1 aliphatic heterocycles. The molecule has 0 spiro atoms. The first-order valence-corrected chi connectivity index (χ1v) is 17.4. The van der Waals surface area contributed by atoms with Gasteiger partial charge in [-0.25, -0.2) is 4.79 Å². The molecule has 9 heteroatoms. The second-order valence-corrected chi connectivity index (χ2v) is 12.5. The molecule has 5 aromatic rings. The van der Waals surface area contributed by atoms with Crippen molar-refractivity contribution in [2.45, 2.75) is 43.4 Å². The van der Waals surface area contributed by atoms with Gasteiger partial charge in [0.05, 0.1) is 25.9 Å². The van der Waals surface area contributed by atoms with Crippen LogP contribution < -0.4 is 20.7 Å². The molecule has 0 saturated carbocycles. The van der Waals surface area contributed by atoms with Gasteiger partial charge in [0.2, 0.25) is 5.91 Å². The molecular weight excluding hydrogens is 640 g/mol. The van der Waals surface area contributed by atoms with E-state index in [1.54, 1.807) is 12.4 Å². The summed E-state index contributed by atoms with van der Waals surface area (Å²) in [5, 5.41) is 9.46. The molecule has 1 fully saturated rings. The predicted molar refractivity (Wildman–Crippen MR) is 199 cm³/mol. The first kappa shape index (κ1) is 35.3. The number of rotatable bonds is 14. The summed E-state index contributed by atoms with van der Waals surface area (Å²) in [7, 11) is 1.29. The Kier molecular flexibility index (Phi) is 12.4. The quantitative estimate of drug-likeness (QED) is 0.116. The Labute approximate surface area is 299 Å². The molecule has 3 N–H and O–H groups in total. The number of benzene rings is 4. The number of carbonyl (C=O) groups excluding carboxylic acids is 2. The van der Waals surface area contributed by atoms with Gasteiger partial charge < -0.3 is 30.2 Å². The number of methoxy groups -OCH3 is 1. The number of morpholine rings is 1. The lowest BCUT2D eigenvalue weighted by molar-refractivity contribution is -0.118. The van der Waals surface area contributed by atoms with Gasteiger partial charge in [-0.3, -0.25) is 9.78 Å². The smallest absolute Gasteiger partial charge is 0.407 e. The molecule has 4 aromatic carbocycles. The van der Waals surface area contributed by atoms with Crippen LogP contribution in [0.25, 0.3) is 11.1 Å². The summed E-state index contributed by atoms with van der Waals surface area (Å²) in [6.07, 6.45) is 5.19. The number of aryl methyl sites for hydroxylation is 1. The van der Waals surface area contributed by atoms with E-state index in [9.17, 15) is 9.59 Å². The van der Waals surface area contributed by atoms with Crippen LogP contribution in [-0.4, -0.2) is 62.0 Å². The predicted octanol–water partition coefficient (Wildman–Crippen LogP) is 7.00. The fourth-order valence-electron chi connectivity index (χ4n) is 6.48. The highest BCUT2D eigenvalue weighted by Gasteiger charge is 2.33. The zero-order valence-corrected chi connectivity index (χ0v) is 28.7. The lowest BCUT2D eigenvalue weighted by atomic mass is 9.84. The van der Waals surface area contributed by atoms with Crippen LogP contribution in [-0.2, 0) is 20.7 Å². The monoisotopic (exact) mass is 684 g/mol. The van der Waals surface area contributed by atoms with Crippen molar-refractivity contribution in [2.24, 2.45) is 0 Å². The summed E-state index contributed by atoms with van der Waals surface area (Å²) in [6.45, 7) is 2.08. The number of carbonyl (C=O) groups is 2. The fourth-order valence-corrected chi connectivity index (χ4v) is 6.48. The van der Waals surface area contributed by atoms with Crippen molar-refractivity contribution >= 4 is 17.7 Å². The van der Waals surface area contributed by atoms with Crippen LogP contribution in [0.1, 0.15) is 35.4 Å². The Bertz CT molecular complexity index is 1780. The maximum Gasteiger partial charge on any atom is 0.407 e. The van der Waals surface area contributed by atoms with Gasteiger partial charge in [-0.05, 0) is 71.0 Å². The fraction of sp³-hybridized carbons (Fsp3) is 0.262. The van der Waals surface area contributed by atoms with Gasteiger partial charge in [0.15, 0.2) is 0 Å². The molecule has 0 unspecified atom stereocenters. The van der Waals surface area contributed by atoms with Gasteiger partial charge >= 0.3 is 6.09 Å². The minimum atomic E-state index is -0.941. The van der Waals surface area contributed by atoms with Gasteiger partial charge in [-0.2, -0.15) is 0 Å². The number of hydrogen-bond donors (Lipinski definition) is 3. The summed E-state index contributed by atoms with van der Waals surface area (Å²) in [5.74, 6) is 0.0376. The summed E-state index contributed by atoms with van der Waals surface area (Å²) in [6, 6.07) is 38.3. The maximum absolute atomic E-state index is 14.1. The van der Waals surface area contributed by atoms with Crippen LogP contribution in [0, 0.1) is 0 Å². The largest absolute Gasteiger partial charge is 0.493 e. The molecule has 2 amide bonds. The molecule has 0 bridgehead atoms. The molecule has 1 aromatic heterocycles. The van der Waals surface area contributed by atoms with Gasteiger partial charge in [0, 0.05) is 43.5 Å². The number of amides is 2. The van der Waals surface area contributed by atoms with Crippen molar-refractivity contribution in [2.75, 3.05) is 32.1 Å². The maximum atomic E-state index is 14.1. The number of para-hydroxylation sites is 1. The van der Waals surface area contributed by atoms with Crippen molar-refractivity contribution in [3.05, 3.63) is 150 Å². The normalized spacial score (nSPS) is 16.2. The van der Waals surface area contributed by atoms with E-state index < -0.39 is 18.1 Å². The summed E-state index contributed by atoms with van der Waals surface area (Å²) in [5.41, 5.74) is 5.72. The lowest BCUT2D eigenvalue weighted by Gasteiger charge is -2.31. The van der Waals surface area contributed by atoms with Gasteiger partial charge in [-0.1, -0.05) is 91.0 Å². The summed E-state index contributed by atoms with van der Waals surface area (Å²) < 4.78 is 17.5. The Hall–Kier alpha value is -5.51. The number of ether oxygens (including phenoxy) is 3. The second-order valence-electron chi connectivity index (χ2n) is 12.5. The summed E-state index contributed by atoms with van der Waals surface area (Å²) in [4.78, 5) is 30.8. The Morgan fingerprint density at radius 1 is 0.784 bits per heavy atom. The average Bonchev–Trinajstić information content (AvgIpc) is 3.19. The topological polar surface area (TPSA) is 111 Å². The van der Waals surface area contributed by atoms with Crippen LogP contribution in [0.2, 0.25) is 0 Å². The molecule has 0 aliphatic carbocycles. The van der Waals surface area contributed by atoms with Crippen molar-refractivity contribution in [3.63, 3.8) is 0 Å². The average molecular weight is 685 g/mol. The number of hydrogen-bond acceptors (Lipinski definition) is 7. The van der Waals surface area contributed by atoms with Crippen LogP contribution in [0.4, 0.5) is 10.5 Å². The first-order valence-electron chi connectivity index (χ1n) is 17.4. The van der Waals surface area contributed by atoms with Gasteiger partial charge in [-0.15, -0.1) is 0 Å². The lowest BCUT2D eigenvalue weighted by Crippen LogP contribution is -2.48. The highest BCUT2D eigenvalue weighted by atomic mass is 16.5. The highest BCUT2D eigenvalue weighted by Crippen LogP contribution is 2.30. The molecule has 6 rings (SSSR count). The van der Waals surface area contributed by atoms with E-state index in [1.807, 2.05) is 109 Å². The van der Waals surface area contributed by atoms with Crippen molar-refractivity contribution in [1.29, 1.82) is 0 Å². The van der Waals surface area contributed by atoms with E-state index in [0.29, 0.717) is 18.7 Å². The molecule has 9 nitrogen and oxygen atoms in total. The van der Waals surface area contributed by atoms with Gasteiger partial charge in [0.25, 0.3) is 0 Å². The molecule has 3 atom stereocenters. The molecule has 1 aliphatic rings. The number of alkyl carbamates (subject to hydrolysis) is 1. The number of aromatic nitrogens is 1. The van der Waals surface area contributed by atoms with Crippen LogP contribution in [0.3, 0.4) is 0 Å². The number of anilines is 1. The molecule has 262 valence electrons. The van der Waals surface area contributed by atoms with E-state index in [1.165, 1.54) is 7.11 Å². The van der Waals surface area contributed by atoms with Gasteiger partial charge in [0.1, 0.15) is 11.8 Å². The number of nitrogens with one attached hydrogen (secondary N) is 3. The third kappa shape index (κ3) is 9.81. The molecule has 0 radical (unpaired) electrons. The minimum absolute atomic E-state index is 0.0152. The van der Waals surface area contributed by atoms with E-state index in [-0.39, 0.29) is 18.1 Å². The van der Waals surface area contributed by atoms with Crippen molar-refractivity contribution in [1.82, 2.24) is 15.6 Å². The summed E-state index contributed by atoms with van der Waals surface area (Å²) >= 11 is 0. The number of pyridine rings is 1. The third-order valence-corrected chi connectivity index (χ3v) is 9.11. The van der Waals surface area contributed by atoms with Crippen LogP contribution in [0.5, 0.6) is 5.75 Å². The molecular formula is C42H44N4O5. The Morgan fingerprint density at radius 2 is 1.39 bits per heavy atom. The number of nitrogens with zero attached hydrogens (tertiary/aromatic N) is 1. The van der Waals surface area contributed by atoms with E-state index in [0.717, 1.165) is 59.5 Å². The second kappa shape index (κ2) is 17.9. The zero-order valence-electron chi connectivity index (χ0n) is 28.7. The first-order chi connectivity index (χ1) is 25.1. The Morgan fingerprint density at radius 3 is 2.06 bits per heavy atom. The van der Waals surface area contributed by atoms with Crippen molar-refractivity contribution < 1.29 is 23.8 Å². The SMILES string of the molecule is COC(=O)N[C@H](C(=O)Nc1ccccc1CC[C@@H]1CNC[C@@H](CCOc2ccc(-c3ccncc3)cc2)O1)C(c1ccccc1)c1ccccc1. The highest BCUT2D eigenvalue weighted by molar-refractivity contribution is 5.98. The standard InChI is InChI=1S/C42H44N4O5/c1-49-42(48)46-40(39(33-11-4-2-5-12-33)34-13-6-3-7-14-34)41(47)45-38-15-9-8-10-32(38)18-21-36-28-44-29-37(51-36)24-27-50-35-19-16-30(17-20-35)31-22-25-43-26-23-31/h2-17,19-20,22-23,25-26,36-37,39-40,44H,18,21,24,27-29H2,1H3,(H,45,47)(H,46,48)/t36-,37-,40+/m1/s1. The van der Waals surface area contributed by atoms with E-state index >= 15 is 0 Å². The Balaban J connectivity index is 1.06. The molecule has 51 heavy (non-hydrogen) atoms. The van der Waals surface area contributed by atoms with Crippen LogP contribution >= 0.6 is 0 Å². The molecule has 2 heterocycles. The minimum Gasteiger partial charge on any atom is -0.493 e. The van der Waals surface area contributed by atoms with Crippen molar-refractivity contribution in [3.8, 4) is 16.9 Å². The molecule has 1 saturated heterocycles. The van der Waals surface area contributed by atoms with E-state index in [2.05, 4.69) is 33.1 Å².